The number of benzene rings is 3. The highest BCUT2D eigenvalue weighted by Gasteiger charge is 2.64. The van der Waals surface area contributed by atoms with Crippen LogP contribution < -0.4 is 10.2 Å². The molecule has 2 saturated carbocycles. The Balaban J connectivity index is 1.10. The normalized spacial score (nSPS) is 25.4. The number of fused-ring (bicyclic) bond motifs is 5. The minimum absolute atomic E-state index is 0.137. The van der Waals surface area contributed by atoms with E-state index in [1.807, 2.05) is 37.3 Å². The van der Waals surface area contributed by atoms with E-state index in [1.54, 1.807) is 24.3 Å². The molecule has 1 N–H and O–H groups in total. The highest BCUT2D eigenvalue weighted by molar-refractivity contribution is 6.22. The first-order chi connectivity index (χ1) is 18.4. The van der Waals surface area contributed by atoms with Crippen molar-refractivity contribution in [1.82, 2.24) is 0 Å². The molecule has 0 radical (unpaired) electrons. The number of nitrogens with zero attached hydrogens (tertiary/aromatic N) is 1. The third-order valence-electron chi connectivity index (χ3n) is 8.27. The van der Waals surface area contributed by atoms with Gasteiger partial charge in [0.25, 0.3) is 5.91 Å². The maximum absolute atomic E-state index is 13.5. The number of rotatable bonds is 6. The van der Waals surface area contributed by atoms with E-state index in [4.69, 9.17) is 4.74 Å². The number of anilines is 2. The number of imide groups is 1. The lowest BCUT2D eigenvalue weighted by Crippen LogP contribution is -2.33. The first-order valence-electron chi connectivity index (χ1n) is 13.0. The van der Waals surface area contributed by atoms with Crippen LogP contribution >= 0.6 is 0 Å². The van der Waals surface area contributed by atoms with Gasteiger partial charge < -0.3 is 10.1 Å². The van der Waals surface area contributed by atoms with Gasteiger partial charge in [0.15, 0.2) is 6.61 Å². The molecular formula is C31H28N2O5. The molecule has 0 spiro atoms. The van der Waals surface area contributed by atoms with E-state index >= 15 is 0 Å². The topological polar surface area (TPSA) is 92.8 Å². The van der Waals surface area contributed by atoms with Crippen LogP contribution in [0.15, 0.2) is 78.9 Å². The minimum atomic E-state index is -0.657. The Morgan fingerprint density at radius 3 is 2.26 bits per heavy atom. The SMILES string of the molecule is Cc1ccc(NC(=O)COC(=O)c2ccc(N3C(=O)[C@@H]4[C@@H]5C[C@@H]([C@@H]4C3=O)[C@H](c3ccccc3)C5)cc2)cc1. The molecule has 2 aliphatic carbocycles. The van der Waals surface area contributed by atoms with Crippen molar-refractivity contribution in [3.63, 3.8) is 0 Å². The predicted molar refractivity (Wildman–Crippen MR) is 141 cm³/mol. The lowest BCUT2D eigenvalue weighted by Gasteiger charge is -2.28. The Morgan fingerprint density at radius 2 is 1.55 bits per heavy atom. The Labute approximate surface area is 220 Å². The summed E-state index contributed by atoms with van der Waals surface area (Å²) in [6.45, 7) is 1.53. The number of carbonyl (C=O) groups excluding carboxylic acids is 4. The molecule has 3 aliphatic rings. The van der Waals surface area contributed by atoms with Crippen LogP contribution in [0.5, 0.6) is 0 Å². The Morgan fingerprint density at radius 1 is 0.868 bits per heavy atom. The van der Waals surface area contributed by atoms with E-state index in [-0.39, 0.29) is 41.0 Å². The number of esters is 1. The number of ether oxygens (including phenoxy) is 1. The predicted octanol–water partition coefficient (Wildman–Crippen LogP) is 4.72. The summed E-state index contributed by atoms with van der Waals surface area (Å²) in [7, 11) is 0. The zero-order valence-corrected chi connectivity index (χ0v) is 21.0. The van der Waals surface area contributed by atoms with Gasteiger partial charge in [-0.3, -0.25) is 19.3 Å². The standard InChI is InChI=1S/C31H28N2O5/c1-18-7-11-22(12-8-18)32-26(34)17-38-31(37)20-9-13-23(14-10-20)33-29(35)27-21-15-24(19-5-3-2-4-6-19)25(16-21)28(27)30(33)36/h2-14,21,24-25,27-28H,15-17H2,1H3,(H,32,34)/t21-,24-,25+,27+,28-/m0/s1. The number of hydrogen-bond acceptors (Lipinski definition) is 5. The molecule has 5 atom stereocenters. The van der Waals surface area contributed by atoms with Crippen LogP contribution in [0.4, 0.5) is 11.4 Å². The van der Waals surface area contributed by atoms with E-state index in [2.05, 4.69) is 17.4 Å². The number of nitrogens with one attached hydrogen (secondary N) is 1. The zero-order chi connectivity index (χ0) is 26.4. The summed E-state index contributed by atoms with van der Waals surface area (Å²) in [6.07, 6.45) is 1.85. The van der Waals surface area contributed by atoms with E-state index in [0.29, 0.717) is 17.3 Å². The summed E-state index contributed by atoms with van der Waals surface area (Å²) in [5.74, 6) is -1.23. The fraction of sp³-hybridized carbons (Fsp3) is 0.290. The van der Waals surface area contributed by atoms with Crippen LogP contribution in [0.2, 0.25) is 0 Å². The maximum Gasteiger partial charge on any atom is 0.338 e. The lowest BCUT2D eigenvalue weighted by molar-refractivity contribution is -0.123. The highest BCUT2D eigenvalue weighted by Crippen LogP contribution is 2.61. The first-order valence-corrected chi connectivity index (χ1v) is 13.0. The fourth-order valence-electron chi connectivity index (χ4n) is 6.59. The minimum Gasteiger partial charge on any atom is -0.452 e. The second-order valence-electron chi connectivity index (χ2n) is 10.5. The van der Waals surface area contributed by atoms with Gasteiger partial charge in [0.05, 0.1) is 23.1 Å². The molecular weight excluding hydrogens is 480 g/mol. The molecule has 3 fully saturated rings. The maximum atomic E-state index is 13.5. The summed E-state index contributed by atoms with van der Waals surface area (Å²) < 4.78 is 5.15. The van der Waals surface area contributed by atoms with Crippen molar-refractivity contribution in [2.24, 2.45) is 23.7 Å². The van der Waals surface area contributed by atoms with Gasteiger partial charge in [-0.1, -0.05) is 48.0 Å². The molecule has 7 nitrogen and oxygen atoms in total. The quantitative estimate of drug-likeness (QED) is 0.384. The van der Waals surface area contributed by atoms with Gasteiger partial charge in [-0.05, 0) is 79.5 Å². The molecule has 1 aliphatic heterocycles. The fourth-order valence-corrected chi connectivity index (χ4v) is 6.59. The smallest absolute Gasteiger partial charge is 0.338 e. The molecule has 38 heavy (non-hydrogen) atoms. The Bertz CT molecular complexity index is 1400. The van der Waals surface area contributed by atoms with Crippen LogP contribution in [-0.2, 0) is 19.1 Å². The second-order valence-corrected chi connectivity index (χ2v) is 10.5. The number of aryl methyl sites for hydroxylation is 1. The van der Waals surface area contributed by atoms with Crippen LogP contribution in [0.3, 0.4) is 0 Å². The summed E-state index contributed by atoms with van der Waals surface area (Å²) in [5.41, 5.74) is 3.63. The Kier molecular flexibility index (Phi) is 6.06. The van der Waals surface area contributed by atoms with Crippen molar-refractivity contribution in [2.45, 2.75) is 25.7 Å². The van der Waals surface area contributed by atoms with Gasteiger partial charge in [-0.15, -0.1) is 0 Å². The Hall–Kier alpha value is -4.26. The van der Waals surface area contributed by atoms with E-state index in [1.165, 1.54) is 22.6 Å². The number of amides is 3. The van der Waals surface area contributed by atoms with E-state index in [9.17, 15) is 19.2 Å². The molecule has 3 aromatic carbocycles. The summed E-state index contributed by atoms with van der Waals surface area (Å²) in [5, 5.41) is 2.68. The van der Waals surface area contributed by atoms with Crippen molar-refractivity contribution in [1.29, 1.82) is 0 Å². The molecule has 3 aromatic rings. The van der Waals surface area contributed by atoms with Crippen molar-refractivity contribution in [3.8, 4) is 0 Å². The number of carbonyl (C=O) groups is 4. The van der Waals surface area contributed by atoms with Crippen LogP contribution in [-0.4, -0.2) is 30.3 Å². The largest absolute Gasteiger partial charge is 0.452 e. The average Bonchev–Trinajstić information content (AvgIpc) is 3.60. The third-order valence-corrected chi connectivity index (χ3v) is 8.27. The van der Waals surface area contributed by atoms with Crippen LogP contribution in [0.25, 0.3) is 0 Å². The first kappa shape index (κ1) is 24.1. The molecule has 1 heterocycles. The molecule has 6 rings (SSSR count). The highest BCUT2D eigenvalue weighted by atomic mass is 16.5. The van der Waals surface area contributed by atoms with Gasteiger partial charge in [0.2, 0.25) is 11.8 Å². The summed E-state index contributed by atoms with van der Waals surface area (Å²) >= 11 is 0. The molecule has 0 aromatic heterocycles. The molecule has 0 unspecified atom stereocenters. The average molecular weight is 509 g/mol. The molecule has 192 valence electrons. The van der Waals surface area contributed by atoms with Gasteiger partial charge in [-0.2, -0.15) is 0 Å². The van der Waals surface area contributed by atoms with E-state index < -0.39 is 18.5 Å². The molecule has 2 bridgehead atoms. The molecule has 3 amide bonds. The van der Waals surface area contributed by atoms with Gasteiger partial charge in [0.1, 0.15) is 0 Å². The lowest BCUT2D eigenvalue weighted by atomic mass is 9.73. The zero-order valence-electron chi connectivity index (χ0n) is 21.0. The van der Waals surface area contributed by atoms with Crippen LogP contribution in [0, 0.1) is 30.6 Å². The summed E-state index contributed by atoms with van der Waals surface area (Å²) in [6, 6.07) is 23.8. The van der Waals surface area contributed by atoms with Gasteiger partial charge in [-0.25, -0.2) is 4.79 Å². The van der Waals surface area contributed by atoms with Crippen molar-refractivity contribution in [3.05, 3.63) is 95.6 Å². The van der Waals surface area contributed by atoms with Crippen molar-refractivity contribution < 1.29 is 23.9 Å². The third kappa shape index (κ3) is 4.18. The van der Waals surface area contributed by atoms with Gasteiger partial charge in [0, 0.05) is 5.69 Å². The monoisotopic (exact) mass is 508 g/mol. The molecule has 7 heteroatoms. The van der Waals surface area contributed by atoms with Gasteiger partial charge >= 0.3 is 5.97 Å². The number of hydrogen-bond donors (Lipinski definition) is 1. The van der Waals surface area contributed by atoms with E-state index in [0.717, 1.165) is 18.4 Å². The van der Waals surface area contributed by atoms with Crippen molar-refractivity contribution in [2.75, 3.05) is 16.8 Å². The molecule has 1 saturated heterocycles. The van der Waals surface area contributed by atoms with Crippen molar-refractivity contribution >= 4 is 35.1 Å². The summed E-state index contributed by atoms with van der Waals surface area (Å²) in [4.78, 5) is 52.8. The van der Waals surface area contributed by atoms with Crippen LogP contribution in [0.1, 0.15) is 40.2 Å². The second kappa shape index (κ2) is 9.56.